The van der Waals surface area contributed by atoms with Gasteiger partial charge >= 0.3 is 0 Å². The van der Waals surface area contributed by atoms with Crippen LogP contribution in [0.2, 0.25) is 0 Å². The fourth-order valence-corrected chi connectivity index (χ4v) is 1.12. The minimum Gasteiger partial charge on any atom is -0.508 e. The summed E-state index contributed by atoms with van der Waals surface area (Å²) in [6, 6.07) is 6.05. The van der Waals surface area contributed by atoms with Gasteiger partial charge in [0.1, 0.15) is 11.3 Å². The minimum absolute atomic E-state index is 0.109. The van der Waals surface area contributed by atoms with Crippen LogP contribution in [0, 0.1) is 0 Å². The van der Waals surface area contributed by atoms with Crippen LogP contribution in [0.25, 0.3) is 6.08 Å². The van der Waals surface area contributed by atoms with Gasteiger partial charge in [-0.25, -0.2) is 0 Å². The number of amides is 2. The van der Waals surface area contributed by atoms with Crippen LogP contribution in [0.1, 0.15) is 5.56 Å². The SMILES string of the molecule is CNC(=O)C(=Cc1ccc(O)cc1)C(N)=O. The number of nitrogens with one attached hydrogen (secondary N) is 1. The van der Waals surface area contributed by atoms with E-state index in [0.717, 1.165) is 0 Å². The number of hydrogen-bond donors (Lipinski definition) is 3. The lowest BCUT2D eigenvalue weighted by molar-refractivity contribution is -0.121. The topological polar surface area (TPSA) is 92.4 Å². The van der Waals surface area contributed by atoms with E-state index in [0.29, 0.717) is 5.56 Å². The predicted octanol–water partition coefficient (Wildman–Crippen LogP) is 0.00690. The van der Waals surface area contributed by atoms with E-state index in [2.05, 4.69) is 5.32 Å². The number of carbonyl (C=O) groups excluding carboxylic acids is 2. The number of likely N-dealkylation sites (N-methyl/N-ethyl adjacent to an activating group) is 1. The highest BCUT2D eigenvalue weighted by Crippen LogP contribution is 2.12. The number of nitrogens with two attached hydrogens (primary N) is 1. The predicted molar refractivity (Wildman–Crippen MR) is 59.3 cm³/mol. The Bertz CT molecular complexity index is 435. The highest BCUT2D eigenvalue weighted by molar-refractivity contribution is 6.21. The molecule has 0 heterocycles. The zero-order valence-corrected chi connectivity index (χ0v) is 8.73. The molecule has 0 saturated heterocycles. The Morgan fingerprint density at radius 2 is 1.88 bits per heavy atom. The molecule has 16 heavy (non-hydrogen) atoms. The van der Waals surface area contributed by atoms with Crippen molar-refractivity contribution in [3.8, 4) is 5.75 Å². The summed E-state index contributed by atoms with van der Waals surface area (Å²) >= 11 is 0. The monoisotopic (exact) mass is 220 g/mol. The number of benzene rings is 1. The average molecular weight is 220 g/mol. The molecule has 4 N–H and O–H groups in total. The summed E-state index contributed by atoms with van der Waals surface area (Å²) in [5.41, 5.74) is 5.55. The molecule has 5 heteroatoms. The quantitative estimate of drug-likeness (QED) is 0.380. The van der Waals surface area contributed by atoms with Crippen molar-refractivity contribution in [2.24, 2.45) is 5.73 Å². The molecule has 1 rings (SSSR count). The molecule has 0 spiro atoms. The van der Waals surface area contributed by atoms with Gasteiger partial charge in [0.2, 0.25) is 0 Å². The second-order valence-electron chi connectivity index (χ2n) is 3.09. The van der Waals surface area contributed by atoms with Gasteiger partial charge in [-0.05, 0) is 23.8 Å². The second kappa shape index (κ2) is 4.97. The Labute approximate surface area is 92.6 Å². The lowest BCUT2D eigenvalue weighted by atomic mass is 10.1. The molecule has 2 amide bonds. The third-order valence-electron chi connectivity index (χ3n) is 1.94. The third kappa shape index (κ3) is 2.84. The molecular formula is C11H12N2O3. The standard InChI is InChI=1S/C11H12N2O3/c1-13-11(16)9(10(12)15)6-7-2-4-8(14)5-3-7/h2-6,14H,1H3,(H2,12,15)(H,13,16). The van der Waals surface area contributed by atoms with E-state index in [9.17, 15) is 9.59 Å². The lowest BCUT2D eigenvalue weighted by Gasteiger charge is -2.01. The van der Waals surface area contributed by atoms with E-state index in [1.807, 2.05) is 0 Å². The fourth-order valence-electron chi connectivity index (χ4n) is 1.12. The van der Waals surface area contributed by atoms with Gasteiger partial charge < -0.3 is 16.2 Å². The van der Waals surface area contributed by atoms with E-state index in [4.69, 9.17) is 10.8 Å². The van der Waals surface area contributed by atoms with E-state index < -0.39 is 11.8 Å². The first-order valence-corrected chi connectivity index (χ1v) is 4.57. The third-order valence-corrected chi connectivity index (χ3v) is 1.94. The van der Waals surface area contributed by atoms with Gasteiger partial charge in [0.15, 0.2) is 0 Å². The van der Waals surface area contributed by atoms with Crippen molar-refractivity contribution < 1.29 is 14.7 Å². The van der Waals surface area contributed by atoms with E-state index in [1.165, 1.54) is 25.3 Å². The maximum Gasteiger partial charge on any atom is 0.256 e. The van der Waals surface area contributed by atoms with Gasteiger partial charge in [0.05, 0.1) is 0 Å². The molecule has 0 saturated carbocycles. The number of hydrogen-bond acceptors (Lipinski definition) is 3. The molecule has 0 fully saturated rings. The molecule has 0 aliphatic carbocycles. The summed E-state index contributed by atoms with van der Waals surface area (Å²) in [6.45, 7) is 0. The molecular weight excluding hydrogens is 208 g/mol. The summed E-state index contributed by atoms with van der Waals surface area (Å²) in [7, 11) is 1.41. The van der Waals surface area contributed by atoms with Crippen LogP contribution in [-0.2, 0) is 9.59 Å². The van der Waals surface area contributed by atoms with Gasteiger partial charge in [-0.15, -0.1) is 0 Å². The van der Waals surface area contributed by atoms with Gasteiger partial charge in [0, 0.05) is 7.05 Å². The molecule has 0 aliphatic heterocycles. The van der Waals surface area contributed by atoms with Crippen molar-refractivity contribution in [3.05, 3.63) is 35.4 Å². The Morgan fingerprint density at radius 3 is 2.31 bits per heavy atom. The molecule has 84 valence electrons. The molecule has 0 unspecified atom stereocenters. The highest BCUT2D eigenvalue weighted by Gasteiger charge is 2.13. The van der Waals surface area contributed by atoms with Crippen LogP contribution in [0.4, 0.5) is 0 Å². The van der Waals surface area contributed by atoms with Crippen LogP contribution < -0.4 is 11.1 Å². The van der Waals surface area contributed by atoms with E-state index >= 15 is 0 Å². The molecule has 0 radical (unpaired) electrons. The summed E-state index contributed by atoms with van der Waals surface area (Å²) in [4.78, 5) is 22.3. The summed E-state index contributed by atoms with van der Waals surface area (Å²) in [6.07, 6.45) is 1.36. The second-order valence-corrected chi connectivity index (χ2v) is 3.09. The average Bonchev–Trinajstić information content (AvgIpc) is 2.27. The van der Waals surface area contributed by atoms with Gasteiger partial charge in [-0.1, -0.05) is 12.1 Å². The van der Waals surface area contributed by atoms with Crippen LogP contribution in [0.15, 0.2) is 29.8 Å². The maximum absolute atomic E-state index is 11.3. The fraction of sp³-hybridized carbons (Fsp3) is 0.0909. The number of aromatic hydroxyl groups is 1. The zero-order valence-electron chi connectivity index (χ0n) is 8.73. The number of primary amides is 1. The highest BCUT2D eigenvalue weighted by atomic mass is 16.3. The normalized spacial score (nSPS) is 10.9. The first kappa shape index (κ1) is 11.8. The van der Waals surface area contributed by atoms with E-state index in [-0.39, 0.29) is 11.3 Å². The van der Waals surface area contributed by atoms with Crippen molar-refractivity contribution in [3.63, 3.8) is 0 Å². The van der Waals surface area contributed by atoms with Crippen LogP contribution >= 0.6 is 0 Å². The molecule has 0 bridgehead atoms. The number of phenolic OH excluding ortho intramolecular Hbond substituents is 1. The zero-order chi connectivity index (χ0) is 12.1. The maximum atomic E-state index is 11.3. The first-order valence-electron chi connectivity index (χ1n) is 4.57. The minimum atomic E-state index is -0.799. The Balaban J connectivity index is 3.07. The van der Waals surface area contributed by atoms with E-state index in [1.54, 1.807) is 12.1 Å². The summed E-state index contributed by atoms with van der Waals surface area (Å²) in [5, 5.41) is 11.4. The van der Waals surface area contributed by atoms with Crippen molar-refractivity contribution in [2.75, 3.05) is 7.05 Å². The molecule has 5 nitrogen and oxygen atoms in total. The number of carbonyl (C=O) groups is 2. The molecule has 1 aromatic carbocycles. The summed E-state index contributed by atoms with van der Waals surface area (Å²) < 4.78 is 0. The Morgan fingerprint density at radius 1 is 1.31 bits per heavy atom. The van der Waals surface area contributed by atoms with Crippen LogP contribution in [-0.4, -0.2) is 24.0 Å². The molecule has 0 atom stereocenters. The Hall–Kier alpha value is -2.30. The first-order chi connectivity index (χ1) is 7.54. The Kier molecular flexibility index (Phi) is 3.66. The number of phenols is 1. The summed E-state index contributed by atoms with van der Waals surface area (Å²) in [5.74, 6) is -1.23. The van der Waals surface area contributed by atoms with Crippen molar-refractivity contribution in [1.29, 1.82) is 0 Å². The van der Waals surface area contributed by atoms with Crippen molar-refractivity contribution in [2.45, 2.75) is 0 Å². The molecule has 0 aromatic heterocycles. The lowest BCUT2D eigenvalue weighted by Crippen LogP contribution is -2.28. The molecule has 1 aromatic rings. The van der Waals surface area contributed by atoms with Crippen molar-refractivity contribution in [1.82, 2.24) is 5.32 Å². The van der Waals surface area contributed by atoms with Gasteiger partial charge in [-0.3, -0.25) is 9.59 Å². The number of rotatable bonds is 3. The smallest absolute Gasteiger partial charge is 0.256 e. The van der Waals surface area contributed by atoms with Gasteiger partial charge in [-0.2, -0.15) is 0 Å². The van der Waals surface area contributed by atoms with Crippen LogP contribution in [0.3, 0.4) is 0 Å². The van der Waals surface area contributed by atoms with Gasteiger partial charge in [0.25, 0.3) is 11.8 Å². The molecule has 0 aliphatic rings. The van der Waals surface area contributed by atoms with Crippen LogP contribution in [0.5, 0.6) is 5.75 Å². The largest absolute Gasteiger partial charge is 0.508 e. The van der Waals surface area contributed by atoms with Crippen molar-refractivity contribution >= 4 is 17.9 Å².